The molecule has 2 rings (SSSR count). The third kappa shape index (κ3) is 3.56. The highest BCUT2D eigenvalue weighted by molar-refractivity contribution is 5.40. The van der Waals surface area contributed by atoms with Gasteiger partial charge in [0.25, 0.3) is 5.75 Å². The Bertz CT molecular complexity index is 707. The van der Waals surface area contributed by atoms with Crippen LogP contribution >= 0.6 is 0 Å². The highest BCUT2D eigenvalue weighted by Gasteiger charge is 2.28. The highest BCUT2D eigenvalue weighted by atomic mass is 19.2. The summed E-state index contributed by atoms with van der Waals surface area (Å²) >= 11 is 0. The second kappa shape index (κ2) is 8.29. The highest BCUT2D eigenvalue weighted by Crippen LogP contribution is 2.33. The van der Waals surface area contributed by atoms with Gasteiger partial charge in [0.05, 0.1) is 0 Å². The third-order valence-electron chi connectivity index (χ3n) is 3.47. The molecule has 0 aromatic heterocycles. The zero-order valence-electron chi connectivity index (χ0n) is 14.5. The molecule has 9 heteroatoms. The lowest BCUT2D eigenvalue weighted by molar-refractivity contribution is -0.111. The normalized spacial score (nSPS) is 10.3. The van der Waals surface area contributed by atoms with Gasteiger partial charge in [0.2, 0.25) is 23.2 Å². The molecule has 0 unspecified atom stereocenters. The van der Waals surface area contributed by atoms with E-state index in [-0.39, 0.29) is 11.1 Å². The van der Waals surface area contributed by atoms with Crippen LogP contribution in [0.15, 0.2) is 0 Å². The molecule has 0 radical (unpaired) electrons. The van der Waals surface area contributed by atoms with Crippen molar-refractivity contribution >= 4 is 0 Å². The molecule has 0 heterocycles. The van der Waals surface area contributed by atoms with Gasteiger partial charge in [-0.1, -0.05) is 13.8 Å². The van der Waals surface area contributed by atoms with E-state index < -0.39 is 57.8 Å². The van der Waals surface area contributed by atoms with Gasteiger partial charge in [-0.25, -0.2) is 22.0 Å². The van der Waals surface area contributed by atoms with Crippen LogP contribution in [0.3, 0.4) is 0 Å². The summed E-state index contributed by atoms with van der Waals surface area (Å²) in [5.74, 6) is -15.3. The van der Waals surface area contributed by atoms with Gasteiger partial charge >= 0.3 is 0 Å². The Morgan fingerprint density at radius 2 is 0.769 bits per heavy atom. The number of hydrogen-bond donors (Lipinski definition) is 0. The van der Waals surface area contributed by atoms with E-state index in [9.17, 15) is 30.7 Å². The van der Waals surface area contributed by atoms with Crippen molar-refractivity contribution in [2.45, 2.75) is 34.6 Å². The van der Waals surface area contributed by atoms with Gasteiger partial charge in [-0.15, -0.1) is 0 Å². The maximum atomic E-state index is 13.9. The Balaban J connectivity index is 0.00000163. The summed E-state index contributed by atoms with van der Waals surface area (Å²) in [4.78, 5) is 8.41. The van der Waals surface area contributed by atoms with Crippen LogP contribution in [0.25, 0.3) is 0 Å². The van der Waals surface area contributed by atoms with Crippen molar-refractivity contribution in [3.8, 4) is 11.5 Å². The summed E-state index contributed by atoms with van der Waals surface area (Å²) in [5, 5.41) is 0. The molecule has 0 aliphatic rings. The fraction of sp³-hybridized carbons (Fsp3) is 0.294. The minimum atomic E-state index is -2.20. The Hall–Kier alpha value is -2.45. The number of benzene rings is 2. The van der Waals surface area contributed by atoms with Crippen molar-refractivity contribution in [3.63, 3.8) is 0 Å². The number of halogens is 7. The maximum absolute atomic E-state index is 13.9. The van der Waals surface area contributed by atoms with Crippen LogP contribution in [0.4, 0.5) is 30.7 Å². The first-order valence-corrected chi connectivity index (χ1v) is 7.40. The Labute approximate surface area is 145 Å². The minimum Gasteiger partial charge on any atom is -0.286 e. The predicted octanol–water partition coefficient (Wildman–Crippen LogP) is 5.98. The lowest BCUT2D eigenvalue weighted by atomic mass is 10.1. The van der Waals surface area contributed by atoms with Crippen LogP contribution in [-0.2, 0) is 0 Å². The monoisotopic (exact) mass is 384 g/mol. The van der Waals surface area contributed by atoms with Crippen LogP contribution in [0.1, 0.15) is 30.5 Å². The Kier molecular flexibility index (Phi) is 6.88. The molecule has 26 heavy (non-hydrogen) atoms. The third-order valence-corrected chi connectivity index (χ3v) is 3.47. The molecule has 0 fully saturated rings. The number of hydrogen-bond acceptors (Lipinski definition) is 2. The fourth-order valence-electron chi connectivity index (χ4n) is 1.84. The van der Waals surface area contributed by atoms with Crippen molar-refractivity contribution in [2.24, 2.45) is 0 Å². The SMILES string of the molecule is CC.Cc1c(C)c(F)c(OOc2c(C)c(F)c(F)c(F)c2F)c(F)c1F. The van der Waals surface area contributed by atoms with E-state index in [0.717, 1.165) is 20.8 Å². The Morgan fingerprint density at radius 3 is 1.31 bits per heavy atom. The van der Waals surface area contributed by atoms with E-state index in [1.165, 1.54) is 0 Å². The standard InChI is InChI=1S/C15H9F7O2.C2H6/c1-4-5(2)9(18)15(12(21)7(4)16)24-23-14-6(3)8(17)10(19)11(20)13(14)22;1-2/h1-3H3;1-2H3. The average molecular weight is 384 g/mol. The summed E-state index contributed by atoms with van der Waals surface area (Å²) < 4.78 is 94.3. The van der Waals surface area contributed by atoms with Crippen LogP contribution < -0.4 is 9.78 Å². The fourth-order valence-corrected chi connectivity index (χ4v) is 1.84. The van der Waals surface area contributed by atoms with Gasteiger partial charge in [-0.05, 0) is 31.9 Å². The summed E-state index contributed by atoms with van der Waals surface area (Å²) in [6, 6.07) is 0. The summed E-state index contributed by atoms with van der Waals surface area (Å²) in [5.41, 5.74) is -1.50. The number of rotatable bonds is 3. The van der Waals surface area contributed by atoms with Crippen LogP contribution in [0, 0.1) is 61.5 Å². The molecular formula is C17H15F7O2. The zero-order chi connectivity index (χ0) is 20.3. The van der Waals surface area contributed by atoms with Crippen molar-refractivity contribution in [1.82, 2.24) is 0 Å². The van der Waals surface area contributed by atoms with E-state index in [4.69, 9.17) is 0 Å². The molecule has 2 aromatic carbocycles. The molecule has 0 saturated heterocycles. The van der Waals surface area contributed by atoms with E-state index in [1.54, 1.807) is 0 Å². The van der Waals surface area contributed by atoms with Crippen molar-refractivity contribution in [1.29, 1.82) is 0 Å². The molecule has 0 saturated carbocycles. The van der Waals surface area contributed by atoms with Gasteiger partial charge in [0, 0.05) is 5.56 Å². The Morgan fingerprint density at radius 1 is 0.423 bits per heavy atom. The van der Waals surface area contributed by atoms with Gasteiger partial charge in [0.15, 0.2) is 23.3 Å². The molecule has 0 aliphatic heterocycles. The zero-order valence-corrected chi connectivity index (χ0v) is 14.5. The van der Waals surface area contributed by atoms with Crippen LogP contribution in [0.2, 0.25) is 0 Å². The minimum absolute atomic E-state index is 0.318. The quantitative estimate of drug-likeness (QED) is 0.213. The molecule has 0 atom stereocenters. The van der Waals surface area contributed by atoms with Crippen LogP contribution in [0.5, 0.6) is 11.5 Å². The second-order valence-corrected chi connectivity index (χ2v) is 4.90. The van der Waals surface area contributed by atoms with Gasteiger partial charge < -0.3 is 0 Å². The summed E-state index contributed by atoms with van der Waals surface area (Å²) in [7, 11) is 0. The second-order valence-electron chi connectivity index (χ2n) is 4.90. The molecule has 0 N–H and O–H groups in total. The van der Waals surface area contributed by atoms with Crippen molar-refractivity contribution < 1.29 is 40.5 Å². The maximum Gasteiger partial charge on any atom is 0.252 e. The van der Waals surface area contributed by atoms with E-state index in [0.29, 0.717) is 0 Å². The van der Waals surface area contributed by atoms with E-state index in [1.807, 2.05) is 13.8 Å². The largest absolute Gasteiger partial charge is 0.286 e. The molecule has 0 bridgehead atoms. The van der Waals surface area contributed by atoms with Gasteiger partial charge in [-0.2, -0.15) is 8.78 Å². The summed E-state index contributed by atoms with van der Waals surface area (Å²) in [6.07, 6.45) is 0. The first-order valence-electron chi connectivity index (χ1n) is 7.40. The molecule has 0 amide bonds. The van der Waals surface area contributed by atoms with E-state index in [2.05, 4.69) is 9.78 Å². The molecule has 0 aliphatic carbocycles. The first kappa shape index (κ1) is 21.6. The molecule has 144 valence electrons. The first-order chi connectivity index (χ1) is 12.1. The smallest absolute Gasteiger partial charge is 0.252 e. The van der Waals surface area contributed by atoms with Gasteiger partial charge in [0.1, 0.15) is 0 Å². The topological polar surface area (TPSA) is 18.5 Å². The molecule has 0 spiro atoms. The van der Waals surface area contributed by atoms with Crippen molar-refractivity contribution in [3.05, 3.63) is 57.4 Å². The van der Waals surface area contributed by atoms with E-state index >= 15 is 0 Å². The lowest BCUT2D eigenvalue weighted by Gasteiger charge is -2.14. The van der Waals surface area contributed by atoms with Crippen LogP contribution in [-0.4, -0.2) is 0 Å². The molecule has 2 nitrogen and oxygen atoms in total. The lowest BCUT2D eigenvalue weighted by Crippen LogP contribution is -2.12. The molecule has 2 aromatic rings. The van der Waals surface area contributed by atoms with Gasteiger partial charge in [-0.3, -0.25) is 9.78 Å². The molecular weight excluding hydrogens is 369 g/mol. The summed E-state index contributed by atoms with van der Waals surface area (Å²) in [6.45, 7) is 7.03. The average Bonchev–Trinajstić information content (AvgIpc) is 2.65. The van der Waals surface area contributed by atoms with Crippen molar-refractivity contribution in [2.75, 3.05) is 0 Å². The predicted molar refractivity (Wildman–Crippen MR) is 79.4 cm³/mol.